The van der Waals surface area contributed by atoms with Crippen molar-refractivity contribution in [3.8, 4) is 5.75 Å². The molecule has 0 radical (unpaired) electrons. The number of hydrogen-bond donors (Lipinski definition) is 1. The van der Waals surface area contributed by atoms with Crippen LogP contribution in [0.5, 0.6) is 5.75 Å². The molecule has 0 bridgehead atoms. The molecule has 2 aromatic carbocycles. The predicted molar refractivity (Wildman–Crippen MR) is 103 cm³/mol. The largest absolute Gasteiger partial charge is 0.497 e. The summed E-state index contributed by atoms with van der Waals surface area (Å²) in [6, 6.07) is 13.7. The van der Waals surface area contributed by atoms with E-state index in [2.05, 4.69) is 16.4 Å². The molecule has 1 N–H and O–H groups in total. The van der Waals surface area contributed by atoms with Gasteiger partial charge in [0.1, 0.15) is 11.3 Å². The molecule has 132 valence electrons. The summed E-state index contributed by atoms with van der Waals surface area (Å²) in [5.74, 6) is 0.711. The number of methoxy groups -OCH3 is 1. The van der Waals surface area contributed by atoms with Crippen LogP contribution in [0.2, 0.25) is 0 Å². The first kappa shape index (κ1) is 16.6. The van der Waals surface area contributed by atoms with Gasteiger partial charge in [-0.05, 0) is 24.3 Å². The van der Waals surface area contributed by atoms with Gasteiger partial charge >= 0.3 is 0 Å². The summed E-state index contributed by atoms with van der Waals surface area (Å²) < 4.78 is 11.9. The minimum Gasteiger partial charge on any atom is -0.497 e. The molecule has 1 amide bonds. The first-order valence-corrected chi connectivity index (χ1v) is 9.20. The highest BCUT2D eigenvalue weighted by Gasteiger charge is 2.11. The second kappa shape index (κ2) is 7.17. The third-order valence-electron chi connectivity index (χ3n) is 4.21. The standard InChI is InChI=1S/C20H18N2O3S/c1-24-14-6-7-15-13(12-25-17(15)11-14)10-19(23)21-9-8-20-22-16-4-2-3-5-18(16)26-20/h2-7,11-12H,8-10H2,1H3,(H,21,23). The number of nitrogens with one attached hydrogen (secondary N) is 1. The summed E-state index contributed by atoms with van der Waals surface area (Å²) in [5, 5.41) is 4.93. The van der Waals surface area contributed by atoms with Crippen LogP contribution < -0.4 is 10.1 Å². The van der Waals surface area contributed by atoms with Gasteiger partial charge in [-0.1, -0.05) is 12.1 Å². The fourth-order valence-corrected chi connectivity index (χ4v) is 3.87. The molecule has 0 saturated heterocycles. The van der Waals surface area contributed by atoms with E-state index in [0.29, 0.717) is 13.0 Å². The van der Waals surface area contributed by atoms with Gasteiger partial charge in [-0.15, -0.1) is 11.3 Å². The second-order valence-corrected chi connectivity index (χ2v) is 7.09. The first-order chi connectivity index (χ1) is 12.7. The molecule has 0 saturated carbocycles. The Morgan fingerprint density at radius 1 is 1.27 bits per heavy atom. The highest BCUT2D eigenvalue weighted by molar-refractivity contribution is 7.18. The summed E-state index contributed by atoms with van der Waals surface area (Å²) in [6.45, 7) is 0.572. The fourth-order valence-electron chi connectivity index (χ4n) is 2.90. The summed E-state index contributed by atoms with van der Waals surface area (Å²) in [4.78, 5) is 16.8. The molecular formula is C20H18N2O3S. The van der Waals surface area contributed by atoms with Gasteiger partial charge in [-0.2, -0.15) is 0 Å². The van der Waals surface area contributed by atoms with Crippen LogP contribution in [-0.2, 0) is 17.6 Å². The van der Waals surface area contributed by atoms with Crippen molar-refractivity contribution in [3.05, 3.63) is 59.3 Å². The molecule has 4 aromatic rings. The van der Waals surface area contributed by atoms with E-state index in [1.807, 2.05) is 36.4 Å². The van der Waals surface area contributed by atoms with Gasteiger partial charge in [0.05, 0.1) is 35.0 Å². The number of amides is 1. The van der Waals surface area contributed by atoms with Crippen molar-refractivity contribution in [2.75, 3.05) is 13.7 Å². The van der Waals surface area contributed by atoms with Gasteiger partial charge in [0.25, 0.3) is 0 Å². The minimum atomic E-state index is -0.0235. The summed E-state index contributed by atoms with van der Waals surface area (Å²) in [7, 11) is 1.61. The van der Waals surface area contributed by atoms with E-state index >= 15 is 0 Å². The summed E-state index contributed by atoms with van der Waals surface area (Å²) in [5.41, 5.74) is 2.61. The number of nitrogens with zero attached hydrogens (tertiary/aromatic N) is 1. The van der Waals surface area contributed by atoms with Crippen molar-refractivity contribution in [1.29, 1.82) is 0 Å². The molecule has 0 aliphatic carbocycles. The van der Waals surface area contributed by atoms with Gasteiger partial charge in [0.15, 0.2) is 0 Å². The van der Waals surface area contributed by atoms with Crippen molar-refractivity contribution in [1.82, 2.24) is 10.3 Å². The number of ether oxygens (including phenoxy) is 1. The third-order valence-corrected chi connectivity index (χ3v) is 5.31. The number of para-hydroxylation sites is 1. The van der Waals surface area contributed by atoms with Crippen LogP contribution >= 0.6 is 11.3 Å². The maximum Gasteiger partial charge on any atom is 0.224 e. The fraction of sp³-hybridized carbons (Fsp3) is 0.200. The van der Waals surface area contributed by atoms with E-state index < -0.39 is 0 Å². The second-order valence-electron chi connectivity index (χ2n) is 5.98. The number of fused-ring (bicyclic) bond motifs is 2. The van der Waals surface area contributed by atoms with Crippen molar-refractivity contribution in [3.63, 3.8) is 0 Å². The molecule has 0 aliphatic rings. The maximum atomic E-state index is 12.2. The Balaban J connectivity index is 1.35. The van der Waals surface area contributed by atoms with Gasteiger partial charge in [-0.3, -0.25) is 4.79 Å². The number of benzene rings is 2. The Bertz CT molecular complexity index is 1030. The molecule has 0 fully saturated rings. The molecule has 0 spiro atoms. The Morgan fingerprint density at radius 3 is 3.00 bits per heavy atom. The van der Waals surface area contributed by atoms with Crippen LogP contribution in [0.1, 0.15) is 10.6 Å². The lowest BCUT2D eigenvalue weighted by atomic mass is 10.1. The SMILES string of the molecule is COc1ccc2c(CC(=O)NCCc3nc4ccccc4s3)coc2c1. The molecule has 2 heterocycles. The van der Waals surface area contributed by atoms with Gasteiger partial charge in [0.2, 0.25) is 5.91 Å². The minimum absolute atomic E-state index is 0.0235. The molecule has 0 atom stereocenters. The maximum absolute atomic E-state index is 12.2. The molecule has 4 rings (SSSR count). The van der Waals surface area contributed by atoms with Crippen LogP contribution in [0.4, 0.5) is 0 Å². The van der Waals surface area contributed by atoms with Crippen molar-refractivity contribution < 1.29 is 13.9 Å². The van der Waals surface area contributed by atoms with E-state index in [4.69, 9.17) is 9.15 Å². The zero-order chi connectivity index (χ0) is 17.9. The average Bonchev–Trinajstić information content (AvgIpc) is 3.25. The molecule has 6 heteroatoms. The van der Waals surface area contributed by atoms with E-state index in [0.717, 1.165) is 39.2 Å². The number of carbonyl (C=O) groups excluding carboxylic acids is 1. The van der Waals surface area contributed by atoms with E-state index in [1.165, 1.54) is 4.70 Å². The molecule has 26 heavy (non-hydrogen) atoms. The average molecular weight is 366 g/mol. The third kappa shape index (κ3) is 3.41. The highest BCUT2D eigenvalue weighted by Crippen LogP contribution is 2.26. The Labute approximate surface area is 154 Å². The number of aromatic nitrogens is 1. The lowest BCUT2D eigenvalue weighted by Crippen LogP contribution is -2.27. The zero-order valence-electron chi connectivity index (χ0n) is 14.3. The van der Waals surface area contributed by atoms with Gasteiger partial charge in [0, 0.05) is 30.0 Å². The topological polar surface area (TPSA) is 64.4 Å². The molecular weight excluding hydrogens is 348 g/mol. The van der Waals surface area contributed by atoms with Gasteiger partial charge < -0.3 is 14.5 Å². The highest BCUT2D eigenvalue weighted by atomic mass is 32.1. The zero-order valence-corrected chi connectivity index (χ0v) is 15.1. The first-order valence-electron chi connectivity index (χ1n) is 8.38. The van der Waals surface area contributed by atoms with Crippen LogP contribution in [0.25, 0.3) is 21.2 Å². The Kier molecular flexibility index (Phi) is 4.58. The monoisotopic (exact) mass is 366 g/mol. The van der Waals surface area contributed by atoms with Crippen molar-refractivity contribution in [2.45, 2.75) is 12.8 Å². The predicted octanol–water partition coefficient (Wildman–Crippen LogP) is 3.95. The van der Waals surface area contributed by atoms with Crippen LogP contribution in [-0.4, -0.2) is 24.5 Å². The van der Waals surface area contributed by atoms with Crippen LogP contribution in [0, 0.1) is 0 Å². The molecule has 2 aromatic heterocycles. The quantitative estimate of drug-likeness (QED) is 0.561. The number of thiazole rings is 1. The number of hydrogen-bond acceptors (Lipinski definition) is 5. The van der Waals surface area contributed by atoms with Crippen LogP contribution in [0.3, 0.4) is 0 Å². The summed E-state index contributed by atoms with van der Waals surface area (Å²) in [6.07, 6.45) is 2.66. The molecule has 5 nitrogen and oxygen atoms in total. The Morgan fingerprint density at radius 2 is 2.15 bits per heavy atom. The number of rotatable bonds is 6. The molecule has 0 aliphatic heterocycles. The van der Waals surface area contributed by atoms with Crippen molar-refractivity contribution in [2.24, 2.45) is 0 Å². The smallest absolute Gasteiger partial charge is 0.224 e. The van der Waals surface area contributed by atoms with Gasteiger partial charge in [-0.25, -0.2) is 4.98 Å². The normalized spacial score (nSPS) is 11.1. The lowest BCUT2D eigenvalue weighted by molar-refractivity contribution is -0.120. The van der Waals surface area contributed by atoms with E-state index in [1.54, 1.807) is 24.7 Å². The van der Waals surface area contributed by atoms with E-state index in [-0.39, 0.29) is 5.91 Å². The van der Waals surface area contributed by atoms with Crippen LogP contribution in [0.15, 0.2) is 53.1 Å². The summed E-state index contributed by atoms with van der Waals surface area (Å²) >= 11 is 1.67. The lowest BCUT2D eigenvalue weighted by Gasteiger charge is -2.03. The number of furan rings is 1. The number of carbonyl (C=O) groups is 1. The molecule has 0 unspecified atom stereocenters. The van der Waals surface area contributed by atoms with E-state index in [9.17, 15) is 4.79 Å². The van der Waals surface area contributed by atoms with Crippen molar-refractivity contribution >= 4 is 38.4 Å². The Hall–Kier alpha value is -2.86.